The average molecular weight is 265 g/mol. The number of anilines is 2. The minimum Gasteiger partial charge on any atom is -0.397 e. The Labute approximate surface area is 112 Å². The van der Waals surface area contributed by atoms with Crippen molar-refractivity contribution in [2.24, 2.45) is 5.73 Å². The molecule has 0 aromatic heterocycles. The Morgan fingerprint density at radius 2 is 1.84 bits per heavy atom. The summed E-state index contributed by atoms with van der Waals surface area (Å²) in [4.78, 5) is 13.5. The Morgan fingerprint density at radius 1 is 1.26 bits per heavy atom. The first kappa shape index (κ1) is 13.6. The molecule has 104 valence electrons. The molecular weight excluding hydrogens is 246 g/mol. The van der Waals surface area contributed by atoms with E-state index in [0.717, 1.165) is 0 Å². The maximum atomic E-state index is 11.5. The van der Waals surface area contributed by atoms with Gasteiger partial charge < -0.3 is 25.8 Å². The van der Waals surface area contributed by atoms with Crippen LogP contribution < -0.4 is 16.4 Å². The summed E-state index contributed by atoms with van der Waals surface area (Å²) in [5, 5.41) is 0. The van der Waals surface area contributed by atoms with Crippen molar-refractivity contribution in [2.45, 2.75) is 12.2 Å². The SMILES string of the molecule is COC1CN(c2c(N)cccc2C(N)=O)CC1OC. The van der Waals surface area contributed by atoms with E-state index >= 15 is 0 Å². The van der Waals surface area contributed by atoms with Gasteiger partial charge in [-0.25, -0.2) is 0 Å². The largest absolute Gasteiger partial charge is 0.397 e. The van der Waals surface area contributed by atoms with Crippen LogP contribution in [0.4, 0.5) is 11.4 Å². The highest BCUT2D eigenvalue weighted by molar-refractivity contribution is 6.01. The van der Waals surface area contributed by atoms with Gasteiger partial charge in [0.05, 0.1) is 16.9 Å². The van der Waals surface area contributed by atoms with Gasteiger partial charge >= 0.3 is 0 Å². The topological polar surface area (TPSA) is 90.8 Å². The summed E-state index contributed by atoms with van der Waals surface area (Å²) in [6.07, 6.45) is -0.101. The van der Waals surface area contributed by atoms with E-state index in [1.165, 1.54) is 0 Å². The van der Waals surface area contributed by atoms with Crippen molar-refractivity contribution in [1.82, 2.24) is 0 Å². The summed E-state index contributed by atoms with van der Waals surface area (Å²) in [6.45, 7) is 1.23. The molecule has 6 heteroatoms. The summed E-state index contributed by atoms with van der Waals surface area (Å²) in [5.74, 6) is -0.489. The lowest BCUT2D eigenvalue weighted by Gasteiger charge is -2.22. The van der Waals surface area contributed by atoms with Crippen LogP contribution in [-0.4, -0.2) is 45.4 Å². The molecule has 0 aliphatic carbocycles. The molecule has 19 heavy (non-hydrogen) atoms. The van der Waals surface area contributed by atoms with Crippen LogP contribution in [-0.2, 0) is 9.47 Å². The molecule has 6 nitrogen and oxygen atoms in total. The number of nitrogens with two attached hydrogens (primary N) is 2. The van der Waals surface area contributed by atoms with Crippen molar-refractivity contribution in [2.75, 3.05) is 37.9 Å². The minimum absolute atomic E-state index is 0.0506. The Bertz CT molecular complexity index is 466. The van der Waals surface area contributed by atoms with E-state index in [1.54, 1.807) is 32.4 Å². The number of hydrogen-bond acceptors (Lipinski definition) is 5. The zero-order chi connectivity index (χ0) is 14.0. The van der Waals surface area contributed by atoms with Crippen molar-refractivity contribution in [1.29, 1.82) is 0 Å². The maximum absolute atomic E-state index is 11.5. The normalized spacial score (nSPS) is 22.7. The van der Waals surface area contributed by atoms with Gasteiger partial charge in [0.2, 0.25) is 0 Å². The number of carbonyl (C=O) groups excluding carboxylic acids is 1. The van der Waals surface area contributed by atoms with Gasteiger partial charge in [-0.05, 0) is 12.1 Å². The highest BCUT2D eigenvalue weighted by Crippen LogP contribution is 2.31. The molecule has 0 saturated carbocycles. The molecule has 1 aromatic carbocycles. The van der Waals surface area contributed by atoms with Crippen LogP contribution in [0.15, 0.2) is 18.2 Å². The van der Waals surface area contributed by atoms with Gasteiger partial charge in [-0.1, -0.05) is 6.07 Å². The van der Waals surface area contributed by atoms with Crippen molar-refractivity contribution >= 4 is 17.3 Å². The van der Waals surface area contributed by atoms with Crippen LogP contribution >= 0.6 is 0 Å². The number of primary amides is 1. The zero-order valence-corrected chi connectivity index (χ0v) is 11.1. The Hall–Kier alpha value is -1.79. The number of nitrogen functional groups attached to an aromatic ring is 1. The molecule has 1 heterocycles. The van der Waals surface area contributed by atoms with Crippen molar-refractivity contribution in [3.05, 3.63) is 23.8 Å². The lowest BCUT2D eigenvalue weighted by molar-refractivity contribution is -0.00461. The molecule has 0 bridgehead atoms. The molecule has 1 saturated heterocycles. The molecule has 2 rings (SSSR count). The van der Waals surface area contributed by atoms with Crippen LogP contribution in [0.2, 0.25) is 0 Å². The summed E-state index contributed by atoms with van der Waals surface area (Å²) in [6, 6.07) is 5.15. The molecule has 1 amide bonds. The summed E-state index contributed by atoms with van der Waals surface area (Å²) in [7, 11) is 3.28. The van der Waals surface area contributed by atoms with Crippen LogP contribution in [0, 0.1) is 0 Å². The highest BCUT2D eigenvalue weighted by Gasteiger charge is 2.35. The molecule has 2 atom stereocenters. The number of nitrogens with zero attached hydrogens (tertiary/aromatic N) is 1. The third-order valence-electron chi connectivity index (χ3n) is 3.47. The second kappa shape index (κ2) is 5.46. The lowest BCUT2D eigenvalue weighted by atomic mass is 10.1. The number of carbonyl (C=O) groups is 1. The third kappa shape index (κ3) is 2.50. The zero-order valence-electron chi connectivity index (χ0n) is 11.1. The standard InChI is InChI=1S/C13H19N3O3/c1-18-10-6-16(7-11(10)19-2)12-8(13(15)17)4-3-5-9(12)14/h3-5,10-11H,6-7,14H2,1-2H3,(H2,15,17). The van der Waals surface area contributed by atoms with Crippen molar-refractivity contribution in [3.63, 3.8) is 0 Å². The molecule has 1 aromatic rings. The van der Waals surface area contributed by atoms with E-state index in [1.807, 2.05) is 4.90 Å². The van der Waals surface area contributed by atoms with Gasteiger partial charge in [-0.3, -0.25) is 4.79 Å². The summed E-state index contributed by atoms with van der Waals surface area (Å²) >= 11 is 0. The first-order valence-electron chi connectivity index (χ1n) is 6.07. The first-order chi connectivity index (χ1) is 9.08. The summed E-state index contributed by atoms with van der Waals surface area (Å²) < 4.78 is 10.8. The van der Waals surface area contributed by atoms with E-state index in [4.69, 9.17) is 20.9 Å². The van der Waals surface area contributed by atoms with Crippen molar-refractivity contribution < 1.29 is 14.3 Å². The quantitative estimate of drug-likeness (QED) is 0.760. The number of methoxy groups -OCH3 is 2. The monoisotopic (exact) mass is 265 g/mol. The first-order valence-corrected chi connectivity index (χ1v) is 6.07. The molecule has 0 radical (unpaired) electrons. The number of ether oxygens (including phenoxy) is 2. The van der Waals surface area contributed by atoms with E-state index < -0.39 is 5.91 Å². The Balaban J connectivity index is 2.35. The van der Waals surface area contributed by atoms with Gasteiger partial charge in [-0.2, -0.15) is 0 Å². The molecule has 1 fully saturated rings. The second-order valence-electron chi connectivity index (χ2n) is 4.56. The third-order valence-corrected chi connectivity index (χ3v) is 3.47. The fourth-order valence-electron chi connectivity index (χ4n) is 2.49. The highest BCUT2D eigenvalue weighted by atomic mass is 16.5. The van der Waals surface area contributed by atoms with E-state index in [2.05, 4.69) is 0 Å². The number of rotatable bonds is 4. The van der Waals surface area contributed by atoms with E-state index in [9.17, 15) is 4.79 Å². The maximum Gasteiger partial charge on any atom is 0.250 e. The fraction of sp³-hybridized carbons (Fsp3) is 0.462. The second-order valence-corrected chi connectivity index (χ2v) is 4.56. The number of para-hydroxylation sites is 1. The smallest absolute Gasteiger partial charge is 0.250 e. The molecular formula is C13H19N3O3. The molecule has 2 unspecified atom stereocenters. The van der Waals surface area contributed by atoms with Gasteiger partial charge in [0.25, 0.3) is 5.91 Å². The van der Waals surface area contributed by atoms with Crippen LogP contribution in [0.1, 0.15) is 10.4 Å². The van der Waals surface area contributed by atoms with Crippen LogP contribution in [0.5, 0.6) is 0 Å². The van der Waals surface area contributed by atoms with Crippen LogP contribution in [0.3, 0.4) is 0 Å². The van der Waals surface area contributed by atoms with E-state index in [0.29, 0.717) is 30.0 Å². The predicted octanol–water partition coefficient (Wildman–Crippen LogP) is 0.218. The van der Waals surface area contributed by atoms with Crippen LogP contribution in [0.25, 0.3) is 0 Å². The molecule has 1 aliphatic rings. The predicted molar refractivity (Wildman–Crippen MR) is 73.2 cm³/mol. The lowest BCUT2D eigenvalue weighted by Crippen LogP contribution is -2.27. The molecule has 1 aliphatic heterocycles. The number of amides is 1. The Kier molecular flexibility index (Phi) is 3.92. The molecule has 4 N–H and O–H groups in total. The van der Waals surface area contributed by atoms with Gasteiger partial charge in [0, 0.05) is 27.3 Å². The Morgan fingerprint density at radius 3 is 2.32 bits per heavy atom. The minimum atomic E-state index is -0.489. The van der Waals surface area contributed by atoms with E-state index in [-0.39, 0.29) is 12.2 Å². The van der Waals surface area contributed by atoms with Gasteiger partial charge in [-0.15, -0.1) is 0 Å². The number of benzene rings is 1. The van der Waals surface area contributed by atoms with Gasteiger partial charge in [0.15, 0.2) is 0 Å². The fourth-order valence-corrected chi connectivity index (χ4v) is 2.49. The average Bonchev–Trinajstić information content (AvgIpc) is 2.81. The van der Waals surface area contributed by atoms with Crippen molar-refractivity contribution in [3.8, 4) is 0 Å². The number of hydrogen-bond donors (Lipinski definition) is 2. The molecule has 0 spiro atoms. The summed E-state index contributed by atoms with van der Waals surface area (Å²) in [5.41, 5.74) is 13.0. The van der Waals surface area contributed by atoms with Gasteiger partial charge in [0.1, 0.15) is 12.2 Å².